The minimum atomic E-state index is -0.265. The summed E-state index contributed by atoms with van der Waals surface area (Å²) in [6, 6.07) is 6.92. The molecule has 1 amide bonds. The maximum atomic E-state index is 12.0. The van der Waals surface area contributed by atoms with Crippen LogP contribution >= 0.6 is 11.6 Å². The molecule has 7 heteroatoms. The van der Waals surface area contributed by atoms with E-state index >= 15 is 0 Å². The number of benzene rings is 1. The average molecular weight is 321 g/mol. The van der Waals surface area contributed by atoms with Gasteiger partial charge in [-0.1, -0.05) is 17.7 Å². The van der Waals surface area contributed by atoms with E-state index in [0.29, 0.717) is 23.1 Å². The van der Waals surface area contributed by atoms with Crippen LogP contribution in [0, 0.1) is 0 Å². The van der Waals surface area contributed by atoms with Gasteiger partial charge in [-0.15, -0.1) is 0 Å². The Bertz CT molecular complexity index is 711. The number of H-pyrrole nitrogens is 1. The second-order valence-electron chi connectivity index (χ2n) is 5.70. The highest BCUT2D eigenvalue weighted by atomic mass is 35.5. The van der Waals surface area contributed by atoms with Gasteiger partial charge in [-0.2, -0.15) is 5.10 Å². The molecule has 116 valence electrons. The Balaban J connectivity index is 1.61. The third-order valence-electron chi connectivity index (χ3n) is 3.62. The number of rotatable bonds is 4. The molecule has 0 saturated heterocycles. The van der Waals surface area contributed by atoms with Crippen LogP contribution in [-0.4, -0.2) is 22.7 Å². The molecular formula is C15H17ClN4O2. The third-order valence-corrected chi connectivity index (χ3v) is 3.86. The second-order valence-corrected chi connectivity index (χ2v) is 6.13. The fourth-order valence-electron chi connectivity index (χ4n) is 2.43. The van der Waals surface area contributed by atoms with Gasteiger partial charge < -0.3 is 15.4 Å². The Hall–Kier alpha value is -2.05. The van der Waals surface area contributed by atoms with Crippen molar-refractivity contribution in [1.29, 1.82) is 0 Å². The summed E-state index contributed by atoms with van der Waals surface area (Å²) < 4.78 is 5.41. The number of aromatic nitrogens is 2. The number of aromatic amines is 1. The standard InChI is InChI=1S/C15H17ClN4O2/c1-15(2)13-11(7-17-15)14(20-19-13)18-12(21)8-22-10-5-3-4-9(16)6-10/h3-6,17H,7-8H2,1-2H3,(H2,18,19,20,21). The van der Waals surface area contributed by atoms with Gasteiger partial charge in [-0.25, -0.2) is 0 Å². The molecule has 0 atom stereocenters. The molecule has 0 unspecified atom stereocenters. The fraction of sp³-hybridized carbons (Fsp3) is 0.333. The van der Waals surface area contributed by atoms with Crippen molar-refractivity contribution in [3.8, 4) is 5.75 Å². The van der Waals surface area contributed by atoms with Gasteiger partial charge in [0.05, 0.1) is 11.2 Å². The molecule has 2 heterocycles. The highest BCUT2D eigenvalue weighted by Gasteiger charge is 2.33. The van der Waals surface area contributed by atoms with Crippen molar-refractivity contribution >= 4 is 23.3 Å². The van der Waals surface area contributed by atoms with Crippen LogP contribution in [0.25, 0.3) is 0 Å². The third kappa shape index (κ3) is 2.93. The van der Waals surface area contributed by atoms with Crippen molar-refractivity contribution in [3.63, 3.8) is 0 Å². The zero-order valence-corrected chi connectivity index (χ0v) is 13.1. The van der Waals surface area contributed by atoms with E-state index in [-0.39, 0.29) is 18.1 Å². The lowest BCUT2D eigenvalue weighted by molar-refractivity contribution is -0.118. The van der Waals surface area contributed by atoms with E-state index in [2.05, 4.69) is 34.7 Å². The largest absolute Gasteiger partial charge is 0.484 e. The van der Waals surface area contributed by atoms with Crippen LogP contribution in [0.2, 0.25) is 5.02 Å². The van der Waals surface area contributed by atoms with Gasteiger partial charge in [0, 0.05) is 17.1 Å². The summed E-state index contributed by atoms with van der Waals surface area (Å²) in [5.41, 5.74) is 1.82. The van der Waals surface area contributed by atoms with E-state index in [1.54, 1.807) is 24.3 Å². The number of carbonyl (C=O) groups is 1. The lowest BCUT2D eigenvalue weighted by atomic mass is 10.0. The van der Waals surface area contributed by atoms with Crippen molar-refractivity contribution in [2.75, 3.05) is 11.9 Å². The highest BCUT2D eigenvalue weighted by molar-refractivity contribution is 6.30. The van der Waals surface area contributed by atoms with Crippen molar-refractivity contribution < 1.29 is 9.53 Å². The molecular weight excluding hydrogens is 304 g/mol. The summed E-state index contributed by atoms with van der Waals surface area (Å²) >= 11 is 5.86. The highest BCUT2D eigenvalue weighted by Crippen LogP contribution is 2.32. The number of anilines is 1. The first-order valence-corrected chi connectivity index (χ1v) is 7.34. The topological polar surface area (TPSA) is 79.0 Å². The minimum Gasteiger partial charge on any atom is -0.484 e. The number of hydrogen-bond donors (Lipinski definition) is 3. The minimum absolute atomic E-state index is 0.0984. The van der Waals surface area contributed by atoms with E-state index in [1.165, 1.54) is 0 Å². The molecule has 1 aliphatic heterocycles. The van der Waals surface area contributed by atoms with Crippen molar-refractivity contribution in [2.24, 2.45) is 0 Å². The molecule has 1 aromatic carbocycles. The van der Waals surface area contributed by atoms with E-state index in [1.807, 2.05) is 0 Å². The van der Waals surface area contributed by atoms with Crippen LogP contribution in [0.4, 0.5) is 5.82 Å². The molecule has 2 aromatic rings. The lowest BCUT2D eigenvalue weighted by Gasteiger charge is -2.16. The first kappa shape index (κ1) is 14.9. The van der Waals surface area contributed by atoms with Crippen LogP contribution in [0.3, 0.4) is 0 Å². The molecule has 3 N–H and O–H groups in total. The van der Waals surface area contributed by atoms with Gasteiger partial charge in [0.1, 0.15) is 5.75 Å². The van der Waals surface area contributed by atoms with Gasteiger partial charge in [-0.3, -0.25) is 9.89 Å². The molecule has 0 bridgehead atoms. The molecule has 1 aromatic heterocycles. The maximum Gasteiger partial charge on any atom is 0.263 e. The zero-order chi connectivity index (χ0) is 15.7. The van der Waals surface area contributed by atoms with Crippen LogP contribution in [0.5, 0.6) is 5.75 Å². The number of fused-ring (bicyclic) bond motifs is 1. The summed E-state index contributed by atoms with van der Waals surface area (Å²) in [4.78, 5) is 12.0. The Labute approximate surface area is 133 Å². The first-order valence-electron chi connectivity index (χ1n) is 6.97. The molecule has 0 radical (unpaired) electrons. The van der Waals surface area contributed by atoms with Crippen LogP contribution in [0.1, 0.15) is 25.1 Å². The molecule has 1 aliphatic rings. The van der Waals surface area contributed by atoms with Crippen molar-refractivity contribution in [3.05, 3.63) is 40.5 Å². The Kier molecular flexibility index (Phi) is 3.80. The van der Waals surface area contributed by atoms with Gasteiger partial charge in [0.2, 0.25) is 0 Å². The predicted molar refractivity (Wildman–Crippen MR) is 84.0 cm³/mol. The quantitative estimate of drug-likeness (QED) is 0.808. The summed E-state index contributed by atoms with van der Waals surface area (Å²) in [6.07, 6.45) is 0. The number of carbonyl (C=O) groups excluding carboxylic acids is 1. The molecule has 0 saturated carbocycles. The smallest absolute Gasteiger partial charge is 0.263 e. The molecule has 0 aliphatic carbocycles. The van der Waals surface area contributed by atoms with Gasteiger partial charge >= 0.3 is 0 Å². The summed E-state index contributed by atoms with van der Waals surface area (Å²) in [6.45, 7) is 4.69. The van der Waals surface area contributed by atoms with Crippen molar-refractivity contribution in [1.82, 2.24) is 15.5 Å². The van der Waals surface area contributed by atoms with E-state index in [9.17, 15) is 4.79 Å². The number of hydrogen-bond acceptors (Lipinski definition) is 4. The second kappa shape index (κ2) is 5.62. The molecule has 3 rings (SSSR count). The van der Waals surface area contributed by atoms with Crippen molar-refractivity contribution in [2.45, 2.75) is 25.9 Å². The zero-order valence-electron chi connectivity index (χ0n) is 12.4. The number of ether oxygens (including phenoxy) is 1. The Morgan fingerprint density at radius 3 is 3.09 bits per heavy atom. The summed E-state index contributed by atoms with van der Waals surface area (Å²) in [7, 11) is 0. The first-order chi connectivity index (χ1) is 10.5. The molecule has 6 nitrogen and oxygen atoms in total. The van der Waals surface area contributed by atoms with Crippen LogP contribution in [0.15, 0.2) is 24.3 Å². The normalized spacial score (nSPS) is 15.4. The monoisotopic (exact) mass is 320 g/mol. The molecule has 0 spiro atoms. The van der Waals surface area contributed by atoms with Crippen LogP contribution < -0.4 is 15.4 Å². The van der Waals surface area contributed by atoms with E-state index in [0.717, 1.165) is 11.3 Å². The maximum absolute atomic E-state index is 12.0. The SMILES string of the molecule is CC1(C)NCc2c(NC(=O)COc3cccc(Cl)c3)n[nH]c21. The average Bonchev–Trinajstić information content (AvgIpc) is 2.99. The number of amides is 1. The van der Waals surface area contributed by atoms with Gasteiger partial charge in [-0.05, 0) is 32.0 Å². The fourth-order valence-corrected chi connectivity index (χ4v) is 2.61. The predicted octanol–water partition coefficient (Wildman–Crippen LogP) is 2.42. The summed E-state index contributed by atoms with van der Waals surface area (Å²) in [5, 5.41) is 13.8. The Morgan fingerprint density at radius 2 is 2.32 bits per heavy atom. The number of nitrogens with one attached hydrogen (secondary N) is 3. The van der Waals surface area contributed by atoms with E-state index in [4.69, 9.17) is 16.3 Å². The lowest BCUT2D eigenvalue weighted by Crippen LogP contribution is -2.29. The number of nitrogens with zero attached hydrogens (tertiary/aromatic N) is 1. The molecule has 0 fully saturated rings. The Morgan fingerprint density at radius 1 is 1.50 bits per heavy atom. The van der Waals surface area contributed by atoms with Gasteiger partial charge in [0.15, 0.2) is 12.4 Å². The van der Waals surface area contributed by atoms with E-state index < -0.39 is 0 Å². The molecule has 22 heavy (non-hydrogen) atoms. The van der Waals surface area contributed by atoms with Crippen LogP contribution in [-0.2, 0) is 16.9 Å². The van der Waals surface area contributed by atoms with Gasteiger partial charge in [0.25, 0.3) is 5.91 Å². The summed E-state index contributed by atoms with van der Waals surface area (Å²) in [5.74, 6) is 0.837. The number of halogens is 1.